The van der Waals surface area contributed by atoms with Gasteiger partial charge < -0.3 is 9.47 Å². The summed E-state index contributed by atoms with van der Waals surface area (Å²) in [5, 5.41) is 0. The van der Waals surface area contributed by atoms with Crippen LogP contribution in [0.4, 0.5) is 8.78 Å². The van der Waals surface area contributed by atoms with E-state index >= 15 is 0 Å². The second-order valence-corrected chi connectivity index (χ2v) is 3.89. The summed E-state index contributed by atoms with van der Waals surface area (Å²) in [6, 6.07) is 2.81. The van der Waals surface area contributed by atoms with Crippen LogP contribution in [0.25, 0.3) is 5.76 Å². The van der Waals surface area contributed by atoms with Gasteiger partial charge in [0, 0.05) is 23.3 Å². The summed E-state index contributed by atoms with van der Waals surface area (Å²) in [5.41, 5.74) is 0.0570. The smallest absolute Gasteiger partial charge is 0.331 e. The van der Waals surface area contributed by atoms with Crippen LogP contribution in [0.3, 0.4) is 0 Å². The van der Waals surface area contributed by atoms with Crippen molar-refractivity contribution in [1.29, 1.82) is 0 Å². The van der Waals surface area contributed by atoms with Crippen molar-refractivity contribution >= 4 is 18.0 Å². The monoisotopic (exact) mass is 296 g/mol. The Morgan fingerprint density at radius 2 is 1.81 bits per heavy atom. The average molecular weight is 296 g/mol. The molecule has 1 aromatic carbocycles. The predicted octanol–water partition coefficient (Wildman–Crippen LogP) is 2.64. The van der Waals surface area contributed by atoms with Crippen molar-refractivity contribution < 1.29 is 27.8 Å². The maximum Gasteiger partial charge on any atom is 0.331 e. The van der Waals surface area contributed by atoms with Gasteiger partial charge in [-0.2, -0.15) is 0 Å². The molecule has 0 amide bonds. The van der Waals surface area contributed by atoms with Crippen molar-refractivity contribution in [3.8, 4) is 0 Å². The van der Waals surface area contributed by atoms with Gasteiger partial charge in [-0.15, -0.1) is 0 Å². The molecule has 0 spiro atoms. The molecule has 0 fully saturated rings. The third kappa shape index (κ3) is 5.18. The molecular weight excluding hydrogens is 282 g/mol. The van der Waals surface area contributed by atoms with Gasteiger partial charge in [0.05, 0.1) is 13.7 Å². The first-order chi connectivity index (χ1) is 9.99. The lowest BCUT2D eigenvalue weighted by atomic mass is 10.1. The number of carbonyl (C=O) groups is 2. The van der Waals surface area contributed by atoms with E-state index in [9.17, 15) is 18.4 Å². The minimum absolute atomic E-state index is 0.0380. The van der Waals surface area contributed by atoms with Gasteiger partial charge in [0.1, 0.15) is 23.7 Å². The first-order valence-electron chi connectivity index (χ1n) is 6.06. The van der Waals surface area contributed by atoms with Crippen LogP contribution < -0.4 is 0 Å². The van der Waals surface area contributed by atoms with Gasteiger partial charge in [0.25, 0.3) is 0 Å². The third-order valence-corrected chi connectivity index (χ3v) is 2.37. The van der Waals surface area contributed by atoms with Crippen LogP contribution in [0, 0.1) is 11.6 Å². The summed E-state index contributed by atoms with van der Waals surface area (Å²) in [7, 11) is 1.28. The number of benzene rings is 1. The molecule has 0 aliphatic heterocycles. The molecule has 0 aromatic heterocycles. The Morgan fingerprint density at radius 1 is 1.19 bits per heavy atom. The fraction of sp³-hybridized carbons (Fsp3) is 0.200. The number of hydrogen-bond donors (Lipinski definition) is 0. The summed E-state index contributed by atoms with van der Waals surface area (Å²) < 4.78 is 36.0. The van der Waals surface area contributed by atoms with Gasteiger partial charge >= 0.3 is 5.97 Å². The number of hydrogen-bond acceptors (Lipinski definition) is 4. The molecule has 0 aliphatic rings. The van der Waals surface area contributed by atoms with E-state index in [-0.39, 0.29) is 23.5 Å². The van der Waals surface area contributed by atoms with E-state index in [1.165, 1.54) is 13.2 Å². The summed E-state index contributed by atoms with van der Waals surface area (Å²) in [6.45, 7) is 1.79. The summed E-state index contributed by atoms with van der Waals surface area (Å²) in [6.07, 6.45) is 2.56. The molecule has 0 unspecified atom stereocenters. The highest BCUT2D eigenvalue weighted by Gasteiger charge is 2.08. The molecule has 0 N–H and O–H groups in total. The van der Waals surface area contributed by atoms with Crippen molar-refractivity contribution in [2.75, 3.05) is 13.7 Å². The topological polar surface area (TPSA) is 52.6 Å². The molecule has 0 bridgehead atoms. The molecule has 0 atom stereocenters. The van der Waals surface area contributed by atoms with Gasteiger partial charge in [-0.25, -0.2) is 13.6 Å². The first kappa shape index (κ1) is 16.6. The lowest BCUT2D eigenvalue weighted by Crippen LogP contribution is -2.01. The predicted molar refractivity (Wildman–Crippen MR) is 72.1 cm³/mol. The van der Waals surface area contributed by atoms with E-state index in [0.717, 1.165) is 18.2 Å². The lowest BCUT2D eigenvalue weighted by Gasteiger charge is -2.07. The Bertz CT molecular complexity index is 571. The molecule has 112 valence electrons. The number of esters is 1. The number of carbonyl (C=O) groups excluding carboxylic acids is 2. The van der Waals surface area contributed by atoms with Crippen LogP contribution >= 0.6 is 0 Å². The van der Waals surface area contributed by atoms with Crippen LogP contribution in [-0.4, -0.2) is 26.0 Å². The molecule has 1 aromatic rings. The lowest BCUT2D eigenvalue weighted by molar-refractivity contribution is -0.137. The van der Waals surface area contributed by atoms with Crippen molar-refractivity contribution in [2.24, 2.45) is 0 Å². The van der Waals surface area contributed by atoms with Crippen LogP contribution in [0.2, 0.25) is 0 Å². The standard InChI is InChI=1S/C15H14F2O4/c1-3-21-15(19)5-10(9-18)4-14(20-2)11-6-12(16)8-13(17)7-11/h4-9H,3H2,1-2H3/b10-5-,14-4-. The van der Waals surface area contributed by atoms with E-state index in [4.69, 9.17) is 4.74 Å². The van der Waals surface area contributed by atoms with Crippen LogP contribution in [0.5, 0.6) is 0 Å². The Morgan fingerprint density at radius 3 is 2.29 bits per heavy atom. The maximum atomic E-state index is 13.2. The van der Waals surface area contributed by atoms with Crippen LogP contribution in [0.1, 0.15) is 12.5 Å². The highest BCUT2D eigenvalue weighted by molar-refractivity contribution is 5.93. The Hall–Kier alpha value is -2.50. The second-order valence-electron chi connectivity index (χ2n) is 3.89. The summed E-state index contributed by atoms with van der Waals surface area (Å²) in [4.78, 5) is 22.2. The highest BCUT2D eigenvalue weighted by Crippen LogP contribution is 2.19. The summed E-state index contributed by atoms with van der Waals surface area (Å²) in [5.74, 6) is -2.22. The molecule has 0 saturated carbocycles. The van der Waals surface area contributed by atoms with Gasteiger partial charge in [0.2, 0.25) is 0 Å². The van der Waals surface area contributed by atoms with Gasteiger partial charge in [-0.1, -0.05) is 0 Å². The molecule has 4 nitrogen and oxygen atoms in total. The molecular formula is C15H14F2O4. The Balaban J connectivity index is 3.16. The Kier molecular flexibility index (Phi) is 6.26. The molecule has 1 rings (SSSR count). The molecule has 21 heavy (non-hydrogen) atoms. The fourth-order valence-electron chi connectivity index (χ4n) is 1.54. The number of ether oxygens (including phenoxy) is 2. The Labute approximate surface area is 120 Å². The van der Waals surface area contributed by atoms with Crippen molar-refractivity contribution in [1.82, 2.24) is 0 Å². The maximum absolute atomic E-state index is 13.2. The van der Waals surface area contributed by atoms with Crippen LogP contribution in [0.15, 0.2) is 35.9 Å². The van der Waals surface area contributed by atoms with Gasteiger partial charge in [-0.05, 0) is 25.1 Å². The average Bonchev–Trinajstić information content (AvgIpc) is 2.42. The molecule has 0 aliphatic carbocycles. The second kappa shape index (κ2) is 7.94. The quantitative estimate of drug-likeness (QED) is 0.266. The largest absolute Gasteiger partial charge is 0.496 e. The van der Waals surface area contributed by atoms with Crippen molar-refractivity contribution in [3.63, 3.8) is 0 Å². The highest BCUT2D eigenvalue weighted by atomic mass is 19.1. The van der Waals surface area contributed by atoms with Crippen molar-refractivity contribution in [3.05, 3.63) is 53.1 Å². The number of halogens is 2. The van der Waals surface area contributed by atoms with Crippen molar-refractivity contribution in [2.45, 2.75) is 6.92 Å². The van der Waals surface area contributed by atoms with E-state index in [1.54, 1.807) is 6.92 Å². The zero-order chi connectivity index (χ0) is 15.8. The molecule has 0 radical (unpaired) electrons. The van der Waals surface area contributed by atoms with Gasteiger partial charge in [0.15, 0.2) is 0 Å². The zero-order valence-electron chi connectivity index (χ0n) is 11.6. The summed E-state index contributed by atoms with van der Waals surface area (Å²) >= 11 is 0. The van der Waals surface area contributed by atoms with E-state index in [2.05, 4.69) is 4.74 Å². The van der Waals surface area contributed by atoms with E-state index in [0.29, 0.717) is 12.4 Å². The fourth-order valence-corrected chi connectivity index (χ4v) is 1.54. The molecule has 6 heteroatoms. The van der Waals surface area contributed by atoms with E-state index < -0.39 is 17.6 Å². The normalized spacial score (nSPS) is 12.0. The molecule has 0 saturated heterocycles. The zero-order valence-corrected chi connectivity index (χ0v) is 11.6. The van der Waals surface area contributed by atoms with Gasteiger partial charge in [-0.3, -0.25) is 4.79 Å². The first-order valence-corrected chi connectivity index (χ1v) is 6.06. The minimum atomic E-state index is -0.782. The third-order valence-electron chi connectivity index (χ3n) is 2.37. The number of methoxy groups -OCH3 is 1. The number of rotatable bonds is 6. The minimum Gasteiger partial charge on any atom is -0.496 e. The number of allylic oxidation sites excluding steroid dienone is 2. The SMILES string of the molecule is CCOC(=O)/C=C(C=O)/C=C(\OC)c1cc(F)cc(F)c1. The number of aldehydes is 1. The van der Waals surface area contributed by atoms with E-state index in [1.807, 2.05) is 0 Å². The molecule has 0 heterocycles. The van der Waals surface area contributed by atoms with Crippen LogP contribution in [-0.2, 0) is 19.1 Å².